The number of hydrogen-bond acceptors (Lipinski definition) is 2. The summed E-state index contributed by atoms with van der Waals surface area (Å²) in [5.41, 5.74) is 0. The number of aliphatic carboxylic acids is 1. The van der Waals surface area contributed by atoms with Gasteiger partial charge in [0.05, 0.1) is 0 Å². The fraction of sp³-hybridized carbons (Fsp3) is 0.875. The molecular formula is C8H13FO3. The third-order valence-electron chi connectivity index (χ3n) is 2.06. The highest BCUT2D eigenvalue weighted by atomic mass is 19.1. The van der Waals surface area contributed by atoms with Crippen molar-refractivity contribution in [1.82, 2.24) is 0 Å². The van der Waals surface area contributed by atoms with Crippen molar-refractivity contribution >= 4 is 5.97 Å². The summed E-state index contributed by atoms with van der Waals surface area (Å²) in [6, 6.07) is 0. The number of ether oxygens (including phenoxy) is 1. The molecule has 0 bridgehead atoms. The van der Waals surface area contributed by atoms with Crippen LogP contribution < -0.4 is 0 Å². The van der Waals surface area contributed by atoms with Crippen LogP contribution in [0.15, 0.2) is 0 Å². The standard InChI is InChI=1S/C8H13FO3/c9-7(8(10)11)4-6-2-1-3-12-5-6/h6-7H,1-5H2,(H,10,11)/t6-,7-/m1/s1. The van der Waals surface area contributed by atoms with E-state index in [0.717, 1.165) is 19.4 Å². The zero-order valence-electron chi connectivity index (χ0n) is 6.83. The molecule has 2 atom stereocenters. The van der Waals surface area contributed by atoms with Crippen LogP contribution >= 0.6 is 0 Å². The molecule has 1 rings (SSSR count). The van der Waals surface area contributed by atoms with Gasteiger partial charge in [-0.3, -0.25) is 0 Å². The highest BCUT2D eigenvalue weighted by molar-refractivity contribution is 5.71. The minimum Gasteiger partial charge on any atom is -0.479 e. The third-order valence-corrected chi connectivity index (χ3v) is 2.06. The summed E-state index contributed by atoms with van der Waals surface area (Å²) in [6.45, 7) is 1.23. The monoisotopic (exact) mass is 176 g/mol. The molecule has 3 nitrogen and oxygen atoms in total. The van der Waals surface area contributed by atoms with E-state index in [2.05, 4.69) is 0 Å². The van der Waals surface area contributed by atoms with E-state index in [4.69, 9.17) is 9.84 Å². The predicted molar refractivity (Wildman–Crippen MR) is 40.7 cm³/mol. The van der Waals surface area contributed by atoms with Crippen LogP contribution in [-0.2, 0) is 9.53 Å². The first-order chi connectivity index (χ1) is 5.70. The molecule has 0 radical (unpaired) electrons. The molecule has 1 N–H and O–H groups in total. The Morgan fingerprint density at radius 2 is 2.50 bits per heavy atom. The maximum atomic E-state index is 12.7. The van der Waals surface area contributed by atoms with Gasteiger partial charge < -0.3 is 9.84 Å². The molecule has 0 aromatic carbocycles. The van der Waals surface area contributed by atoms with E-state index in [1.807, 2.05) is 0 Å². The number of carboxylic acids is 1. The molecule has 1 aliphatic heterocycles. The molecule has 1 aliphatic rings. The zero-order valence-corrected chi connectivity index (χ0v) is 6.83. The van der Waals surface area contributed by atoms with Crippen molar-refractivity contribution in [3.63, 3.8) is 0 Å². The maximum absolute atomic E-state index is 12.7. The number of carbonyl (C=O) groups is 1. The first-order valence-electron chi connectivity index (χ1n) is 4.14. The Hall–Kier alpha value is -0.640. The largest absolute Gasteiger partial charge is 0.479 e. The highest BCUT2D eigenvalue weighted by Gasteiger charge is 2.23. The second-order valence-electron chi connectivity index (χ2n) is 3.12. The van der Waals surface area contributed by atoms with Crippen LogP contribution in [0.4, 0.5) is 4.39 Å². The Balaban J connectivity index is 2.24. The van der Waals surface area contributed by atoms with E-state index in [1.54, 1.807) is 0 Å². The van der Waals surface area contributed by atoms with Gasteiger partial charge in [-0.25, -0.2) is 9.18 Å². The molecule has 0 spiro atoms. The smallest absolute Gasteiger partial charge is 0.338 e. The second-order valence-corrected chi connectivity index (χ2v) is 3.12. The highest BCUT2D eigenvalue weighted by Crippen LogP contribution is 2.19. The third kappa shape index (κ3) is 2.77. The quantitative estimate of drug-likeness (QED) is 0.703. The lowest BCUT2D eigenvalue weighted by atomic mass is 9.96. The van der Waals surface area contributed by atoms with E-state index in [1.165, 1.54) is 0 Å². The molecule has 1 heterocycles. The zero-order chi connectivity index (χ0) is 8.97. The van der Waals surface area contributed by atoms with Crippen LogP contribution in [0.25, 0.3) is 0 Å². The topological polar surface area (TPSA) is 46.5 Å². The molecule has 1 fully saturated rings. The molecule has 0 aromatic rings. The number of hydrogen-bond donors (Lipinski definition) is 1. The first kappa shape index (κ1) is 9.45. The van der Waals surface area contributed by atoms with Crippen molar-refractivity contribution in [3.8, 4) is 0 Å². The maximum Gasteiger partial charge on any atom is 0.338 e. The van der Waals surface area contributed by atoms with Crippen LogP contribution in [-0.4, -0.2) is 30.5 Å². The van der Waals surface area contributed by atoms with Crippen molar-refractivity contribution in [2.24, 2.45) is 5.92 Å². The molecule has 0 amide bonds. The SMILES string of the molecule is O=C(O)[C@H](F)C[C@H]1CCCOC1. The fourth-order valence-electron chi connectivity index (χ4n) is 1.39. The van der Waals surface area contributed by atoms with Gasteiger partial charge in [0, 0.05) is 13.2 Å². The van der Waals surface area contributed by atoms with Gasteiger partial charge >= 0.3 is 5.97 Å². The summed E-state index contributed by atoms with van der Waals surface area (Å²) in [5, 5.41) is 8.30. The van der Waals surface area contributed by atoms with Gasteiger partial charge in [0.15, 0.2) is 6.17 Å². The van der Waals surface area contributed by atoms with Crippen molar-refractivity contribution in [3.05, 3.63) is 0 Å². The van der Waals surface area contributed by atoms with Crippen LogP contribution in [0.3, 0.4) is 0 Å². The van der Waals surface area contributed by atoms with Gasteiger partial charge in [0.1, 0.15) is 0 Å². The normalized spacial score (nSPS) is 26.6. The minimum absolute atomic E-state index is 0.0878. The molecule has 4 heteroatoms. The lowest BCUT2D eigenvalue weighted by Gasteiger charge is -2.22. The van der Waals surface area contributed by atoms with E-state index < -0.39 is 12.1 Å². The predicted octanol–water partition coefficient (Wildman–Crippen LogP) is 1.23. The van der Waals surface area contributed by atoms with E-state index in [9.17, 15) is 9.18 Å². The van der Waals surface area contributed by atoms with Crippen molar-refractivity contribution in [1.29, 1.82) is 0 Å². The van der Waals surface area contributed by atoms with E-state index >= 15 is 0 Å². The fourth-order valence-corrected chi connectivity index (χ4v) is 1.39. The van der Waals surface area contributed by atoms with Crippen LogP contribution in [0.5, 0.6) is 0 Å². The first-order valence-corrected chi connectivity index (χ1v) is 4.14. The van der Waals surface area contributed by atoms with Crippen LogP contribution in [0.1, 0.15) is 19.3 Å². The molecule has 1 saturated heterocycles. The minimum atomic E-state index is -1.73. The molecule has 12 heavy (non-hydrogen) atoms. The molecule has 0 saturated carbocycles. The Morgan fingerprint density at radius 1 is 1.75 bits per heavy atom. The average Bonchev–Trinajstić information content (AvgIpc) is 2.06. The Morgan fingerprint density at radius 3 is 3.00 bits per heavy atom. The van der Waals surface area contributed by atoms with Gasteiger partial charge in [-0.15, -0.1) is 0 Å². The second kappa shape index (κ2) is 4.40. The van der Waals surface area contributed by atoms with E-state index in [-0.39, 0.29) is 12.3 Å². The molecule has 0 aromatic heterocycles. The van der Waals surface area contributed by atoms with Crippen molar-refractivity contribution in [2.45, 2.75) is 25.4 Å². The number of carboxylic acid groups (broad SMARTS) is 1. The molecule has 70 valence electrons. The van der Waals surface area contributed by atoms with Crippen LogP contribution in [0.2, 0.25) is 0 Å². The van der Waals surface area contributed by atoms with Gasteiger partial charge in [-0.1, -0.05) is 0 Å². The Labute approximate surface area is 70.5 Å². The summed E-state index contributed by atoms with van der Waals surface area (Å²) in [4.78, 5) is 10.2. The number of rotatable bonds is 3. The summed E-state index contributed by atoms with van der Waals surface area (Å²) in [6.07, 6.45) is 0.164. The molecule has 0 aliphatic carbocycles. The van der Waals surface area contributed by atoms with Crippen molar-refractivity contribution in [2.75, 3.05) is 13.2 Å². The lowest BCUT2D eigenvalue weighted by Crippen LogP contribution is -2.24. The van der Waals surface area contributed by atoms with Crippen molar-refractivity contribution < 1.29 is 19.0 Å². The molecule has 0 unspecified atom stereocenters. The van der Waals surface area contributed by atoms with Crippen LogP contribution in [0, 0.1) is 5.92 Å². The van der Waals surface area contributed by atoms with Gasteiger partial charge in [-0.2, -0.15) is 0 Å². The summed E-state index contributed by atoms with van der Waals surface area (Å²) >= 11 is 0. The summed E-state index contributed by atoms with van der Waals surface area (Å²) < 4.78 is 17.8. The Kier molecular flexibility index (Phi) is 3.47. The number of alkyl halides is 1. The van der Waals surface area contributed by atoms with Gasteiger partial charge in [0.25, 0.3) is 0 Å². The summed E-state index contributed by atoms with van der Waals surface area (Å²) in [7, 11) is 0. The molecular weight excluding hydrogens is 163 g/mol. The van der Waals surface area contributed by atoms with E-state index in [0.29, 0.717) is 6.61 Å². The summed E-state index contributed by atoms with van der Waals surface area (Å²) in [5.74, 6) is -1.27. The number of halogens is 1. The average molecular weight is 176 g/mol. The Bertz CT molecular complexity index is 154. The van der Waals surface area contributed by atoms with Gasteiger partial charge in [0.2, 0.25) is 0 Å². The lowest BCUT2D eigenvalue weighted by molar-refractivity contribution is -0.143. The van der Waals surface area contributed by atoms with Gasteiger partial charge in [-0.05, 0) is 25.2 Å².